The predicted octanol–water partition coefficient (Wildman–Crippen LogP) is 1.57. The molecule has 0 atom stereocenters. The highest BCUT2D eigenvalue weighted by molar-refractivity contribution is 6.59. The lowest BCUT2D eigenvalue weighted by atomic mass is 9.75. The molecule has 2 N–H and O–H groups in total. The zero-order valence-electron chi connectivity index (χ0n) is 9.25. The summed E-state index contributed by atoms with van der Waals surface area (Å²) in [5.74, 6) is -0.0322. The van der Waals surface area contributed by atoms with Gasteiger partial charge in [0.1, 0.15) is 0 Å². The Morgan fingerprint density at radius 1 is 1.24 bits per heavy atom. The summed E-state index contributed by atoms with van der Waals surface area (Å²) in [7, 11) is -1.87. The van der Waals surface area contributed by atoms with Crippen LogP contribution in [0.4, 0.5) is 13.2 Å². The van der Waals surface area contributed by atoms with Gasteiger partial charge in [0.15, 0.2) is 0 Å². The van der Waals surface area contributed by atoms with Crippen molar-refractivity contribution in [2.24, 2.45) is 0 Å². The molecule has 2 rings (SSSR count). The summed E-state index contributed by atoms with van der Waals surface area (Å²) in [6.07, 6.45) is -2.91. The number of alkyl halides is 3. The number of aryl methyl sites for hydroxylation is 1. The van der Waals surface area contributed by atoms with Crippen molar-refractivity contribution in [2.75, 3.05) is 0 Å². The van der Waals surface area contributed by atoms with Crippen LogP contribution in [0.25, 0.3) is 0 Å². The lowest BCUT2D eigenvalue weighted by Gasteiger charge is -2.16. The van der Waals surface area contributed by atoms with Crippen molar-refractivity contribution in [3.63, 3.8) is 0 Å². The van der Waals surface area contributed by atoms with Crippen LogP contribution in [0, 0.1) is 6.92 Å². The molecule has 0 spiro atoms. The smallest absolute Gasteiger partial charge is 0.423 e. The SMILES string of the molecule is Cc1cc(C2CC2)c(C(F)(F)F)cc1B(O)O. The Labute approximate surface area is 97.2 Å². The number of rotatable bonds is 2. The van der Waals surface area contributed by atoms with Crippen LogP contribution in [-0.2, 0) is 6.18 Å². The molecule has 1 aliphatic carbocycles. The van der Waals surface area contributed by atoms with Gasteiger partial charge in [0.25, 0.3) is 0 Å². The van der Waals surface area contributed by atoms with Crippen LogP contribution in [0.15, 0.2) is 12.1 Å². The summed E-state index contributed by atoms with van der Waals surface area (Å²) < 4.78 is 38.5. The Kier molecular flexibility index (Phi) is 2.95. The Balaban J connectivity index is 2.56. The molecule has 17 heavy (non-hydrogen) atoms. The maximum Gasteiger partial charge on any atom is 0.488 e. The average Bonchev–Trinajstić information content (AvgIpc) is 2.97. The van der Waals surface area contributed by atoms with E-state index in [0.717, 1.165) is 18.9 Å². The van der Waals surface area contributed by atoms with E-state index in [2.05, 4.69) is 0 Å². The second-order valence-corrected chi connectivity index (χ2v) is 4.44. The van der Waals surface area contributed by atoms with Gasteiger partial charge in [-0.1, -0.05) is 11.6 Å². The van der Waals surface area contributed by atoms with Gasteiger partial charge in [-0.25, -0.2) is 0 Å². The minimum atomic E-state index is -4.45. The second-order valence-electron chi connectivity index (χ2n) is 4.44. The molecule has 0 amide bonds. The summed E-state index contributed by atoms with van der Waals surface area (Å²) in [6.45, 7) is 1.58. The number of hydrogen-bond donors (Lipinski definition) is 2. The normalized spacial score (nSPS) is 16.1. The molecule has 1 aromatic rings. The molecule has 0 radical (unpaired) electrons. The number of benzene rings is 1. The maximum absolute atomic E-state index is 12.8. The van der Waals surface area contributed by atoms with E-state index in [-0.39, 0.29) is 16.9 Å². The number of halogens is 3. The molecule has 0 unspecified atom stereocenters. The zero-order chi connectivity index (χ0) is 12.8. The minimum Gasteiger partial charge on any atom is -0.423 e. The van der Waals surface area contributed by atoms with Crippen molar-refractivity contribution in [2.45, 2.75) is 31.9 Å². The fourth-order valence-corrected chi connectivity index (χ4v) is 2.00. The van der Waals surface area contributed by atoms with E-state index in [0.29, 0.717) is 5.56 Å². The molecule has 1 aromatic carbocycles. The largest absolute Gasteiger partial charge is 0.488 e. The molecule has 0 bridgehead atoms. The maximum atomic E-state index is 12.8. The van der Waals surface area contributed by atoms with Crippen LogP contribution in [0.3, 0.4) is 0 Å². The van der Waals surface area contributed by atoms with Crippen molar-refractivity contribution in [1.82, 2.24) is 0 Å². The van der Waals surface area contributed by atoms with Gasteiger partial charge in [0, 0.05) is 0 Å². The van der Waals surface area contributed by atoms with Crippen molar-refractivity contribution in [3.8, 4) is 0 Å². The fraction of sp³-hybridized carbons (Fsp3) is 0.455. The van der Waals surface area contributed by atoms with Gasteiger partial charge in [-0.3, -0.25) is 0 Å². The highest BCUT2D eigenvalue weighted by Crippen LogP contribution is 2.45. The molecule has 92 valence electrons. The predicted molar refractivity (Wildman–Crippen MR) is 58.0 cm³/mol. The Bertz CT molecular complexity index is 439. The van der Waals surface area contributed by atoms with Gasteiger partial charge < -0.3 is 10.0 Å². The quantitative estimate of drug-likeness (QED) is 0.775. The van der Waals surface area contributed by atoms with Crippen LogP contribution in [0.5, 0.6) is 0 Å². The summed E-state index contributed by atoms with van der Waals surface area (Å²) in [5.41, 5.74) is -0.0651. The summed E-state index contributed by atoms with van der Waals surface area (Å²) in [4.78, 5) is 0. The molecule has 0 heterocycles. The van der Waals surface area contributed by atoms with Crippen LogP contribution < -0.4 is 5.46 Å². The first-order chi connectivity index (χ1) is 7.80. The molecule has 0 saturated heterocycles. The van der Waals surface area contributed by atoms with Gasteiger partial charge in [-0.15, -0.1) is 0 Å². The van der Waals surface area contributed by atoms with E-state index in [1.165, 1.54) is 6.07 Å². The van der Waals surface area contributed by atoms with Crippen LogP contribution >= 0.6 is 0 Å². The highest BCUT2D eigenvalue weighted by Gasteiger charge is 2.39. The average molecular weight is 244 g/mol. The second kappa shape index (κ2) is 4.03. The highest BCUT2D eigenvalue weighted by atomic mass is 19.4. The molecule has 1 saturated carbocycles. The summed E-state index contributed by atoms with van der Waals surface area (Å²) in [6, 6.07) is 2.28. The van der Waals surface area contributed by atoms with Crippen molar-refractivity contribution < 1.29 is 23.2 Å². The van der Waals surface area contributed by atoms with E-state index in [1.807, 2.05) is 0 Å². The van der Waals surface area contributed by atoms with Crippen molar-refractivity contribution >= 4 is 12.6 Å². The van der Waals surface area contributed by atoms with E-state index in [9.17, 15) is 13.2 Å². The first-order valence-corrected chi connectivity index (χ1v) is 5.38. The first kappa shape index (κ1) is 12.5. The molecule has 1 fully saturated rings. The fourth-order valence-electron chi connectivity index (χ4n) is 2.00. The molecular formula is C11H12BF3O2. The van der Waals surface area contributed by atoms with Gasteiger partial charge in [-0.05, 0) is 42.8 Å². The topological polar surface area (TPSA) is 40.5 Å². The van der Waals surface area contributed by atoms with E-state index >= 15 is 0 Å². The van der Waals surface area contributed by atoms with Crippen molar-refractivity contribution in [3.05, 3.63) is 28.8 Å². The first-order valence-electron chi connectivity index (χ1n) is 5.38. The van der Waals surface area contributed by atoms with E-state index in [4.69, 9.17) is 10.0 Å². The molecule has 2 nitrogen and oxygen atoms in total. The Morgan fingerprint density at radius 2 is 1.82 bits per heavy atom. The molecular weight excluding hydrogens is 232 g/mol. The molecule has 1 aliphatic rings. The van der Waals surface area contributed by atoms with E-state index < -0.39 is 18.9 Å². The Hall–Kier alpha value is -1.01. The van der Waals surface area contributed by atoms with Gasteiger partial charge >= 0.3 is 13.3 Å². The van der Waals surface area contributed by atoms with Gasteiger partial charge in [-0.2, -0.15) is 13.2 Å². The molecule has 0 aromatic heterocycles. The molecule has 6 heteroatoms. The third kappa shape index (κ3) is 2.47. The monoisotopic (exact) mass is 244 g/mol. The van der Waals surface area contributed by atoms with Crippen LogP contribution in [0.1, 0.15) is 35.4 Å². The Morgan fingerprint density at radius 3 is 2.24 bits per heavy atom. The molecule has 0 aliphatic heterocycles. The zero-order valence-corrected chi connectivity index (χ0v) is 9.25. The van der Waals surface area contributed by atoms with Gasteiger partial charge in [0.2, 0.25) is 0 Å². The summed E-state index contributed by atoms with van der Waals surface area (Å²) >= 11 is 0. The standard InChI is InChI=1S/C11H12BF3O2/c1-6-4-8(7-2-3-7)9(11(13,14)15)5-10(6)12(16)17/h4-5,7,16-17H,2-3H2,1H3. The third-order valence-corrected chi connectivity index (χ3v) is 3.04. The minimum absolute atomic E-state index is 0.0322. The van der Waals surface area contributed by atoms with Gasteiger partial charge in [0.05, 0.1) is 5.56 Å². The summed E-state index contributed by atoms with van der Waals surface area (Å²) in [5, 5.41) is 18.1. The lowest BCUT2D eigenvalue weighted by molar-refractivity contribution is -0.138. The third-order valence-electron chi connectivity index (χ3n) is 3.04. The number of hydrogen-bond acceptors (Lipinski definition) is 2. The van der Waals surface area contributed by atoms with Crippen molar-refractivity contribution in [1.29, 1.82) is 0 Å². The van der Waals surface area contributed by atoms with Crippen LogP contribution in [0.2, 0.25) is 0 Å². The lowest BCUT2D eigenvalue weighted by Crippen LogP contribution is -2.33. The van der Waals surface area contributed by atoms with Crippen LogP contribution in [-0.4, -0.2) is 17.2 Å². The van der Waals surface area contributed by atoms with E-state index in [1.54, 1.807) is 6.92 Å².